The Labute approximate surface area is 116 Å². The van der Waals surface area contributed by atoms with Crippen LogP contribution in [0.2, 0.25) is 0 Å². The Bertz CT molecular complexity index is 419. The summed E-state index contributed by atoms with van der Waals surface area (Å²) in [6, 6.07) is 7.24. The van der Waals surface area contributed by atoms with E-state index in [0.717, 1.165) is 19.6 Å². The molecular formula is C16H26N2O. The van der Waals surface area contributed by atoms with Crippen LogP contribution in [0, 0.1) is 13.8 Å². The van der Waals surface area contributed by atoms with Crippen LogP contribution in [0.4, 0.5) is 5.69 Å². The molecule has 0 bridgehead atoms. The summed E-state index contributed by atoms with van der Waals surface area (Å²) in [6.45, 7) is 7.58. The quantitative estimate of drug-likeness (QED) is 0.901. The zero-order chi connectivity index (χ0) is 13.8. The summed E-state index contributed by atoms with van der Waals surface area (Å²) >= 11 is 0. The van der Waals surface area contributed by atoms with Crippen molar-refractivity contribution in [1.29, 1.82) is 0 Å². The van der Waals surface area contributed by atoms with Crippen LogP contribution in [0.25, 0.3) is 0 Å². The molecule has 1 heterocycles. The summed E-state index contributed by atoms with van der Waals surface area (Å²) in [5.74, 6) is 0. The van der Waals surface area contributed by atoms with E-state index in [1.54, 1.807) is 0 Å². The minimum atomic E-state index is 0.247. The molecule has 19 heavy (non-hydrogen) atoms. The van der Waals surface area contributed by atoms with Crippen LogP contribution in [0.3, 0.4) is 0 Å². The number of nitrogens with zero attached hydrogens (tertiary/aromatic N) is 2. The molecule has 0 saturated carbocycles. The first-order valence-electron chi connectivity index (χ1n) is 7.25. The van der Waals surface area contributed by atoms with E-state index in [-0.39, 0.29) is 6.61 Å². The number of rotatable bonds is 4. The second-order valence-electron chi connectivity index (χ2n) is 5.74. The summed E-state index contributed by atoms with van der Waals surface area (Å²) in [7, 11) is 2.12. The minimum absolute atomic E-state index is 0.247. The largest absolute Gasteiger partial charge is 0.395 e. The molecule has 0 spiro atoms. The summed E-state index contributed by atoms with van der Waals surface area (Å²) in [5, 5.41) is 9.08. The van der Waals surface area contributed by atoms with Gasteiger partial charge in [-0.15, -0.1) is 0 Å². The first-order chi connectivity index (χ1) is 9.11. The number of hydrogen-bond donors (Lipinski definition) is 1. The van der Waals surface area contributed by atoms with Gasteiger partial charge in [0.15, 0.2) is 0 Å². The third-order valence-electron chi connectivity index (χ3n) is 4.18. The lowest BCUT2D eigenvalue weighted by atomic mass is 10.0. The van der Waals surface area contributed by atoms with Crippen LogP contribution >= 0.6 is 0 Å². The average molecular weight is 262 g/mol. The number of anilines is 1. The van der Waals surface area contributed by atoms with E-state index in [1.807, 2.05) is 0 Å². The van der Waals surface area contributed by atoms with Crippen molar-refractivity contribution in [2.45, 2.75) is 32.7 Å². The van der Waals surface area contributed by atoms with Gasteiger partial charge in [0.25, 0.3) is 0 Å². The van der Waals surface area contributed by atoms with Gasteiger partial charge in [-0.25, -0.2) is 0 Å². The predicted molar refractivity (Wildman–Crippen MR) is 80.9 cm³/mol. The Morgan fingerprint density at radius 2 is 2.16 bits per heavy atom. The molecular weight excluding hydrogens is 236 g/mol. The average Bonchev–Trinajstić information content (AvgIpc) is 2.42. The Kier molecular flexibility index (Phi) is 4.83. The summed E-state index contributed by atoms with van der Waals surface area (Å²) < 4.78 is 0. The lowest BCUT2D eigenvalue weighted by molar-refractivity contribution is 0.166. The minimum Gasteiger partial charge on any atom is -0.395 e. The Morgan fingerprint density at radius 3 is 2.89 bits per heavy atom. The zero-order valence-corrected chi connectivity index (χ0v) is 12.4. The molecule has 0 amide bonds. The van der Waals surface area contributed by atoms with Gasteiger partial charge in [-0.1, -0.05) is 12.1 Å². The maximum absolute atomic E-state index is 9.08. The molecule has 1 fully saturated rings. The summed E-state index contributed by atoms with van der Waals surface area (Å²) in [5.41, 5.74) is 4.06. The lowest BCUT2D eigenvalue weighted by Gasteiger charge is -2.39. The third-order valence-corrected chi connectivity index (χ3v) is 4.18. The van der Waals surface area contributed by atoms with Crippen molar-refractivity contribution in [2.75, 3.05) is 38.2 Å². The molecule has 0 radical (unpaired) electrons. The Morgan fingerprint density at radius 1 is 1.37 bits per heavy atom. The van der Waals surface area contributed by atoms with E-state index in [2.05, 4.69) is 48.9 Å². The normalized spacial score (nSPS) is 20.1. The van der Waals surface area contributed by atoms with Crippen LogP contribution in [0.5, 0.6) is 0 Å². The van der Waals surface area contributed by atoms with Gasteiger partial charge in [0.05, 0.1) is 6.61 Å². The molecule has 2 rings (SSSR count). The molecule has 0 aromatic heterocycles. The fourth-order valence-corrected chi connectivity index (χ4v) is 2.93. The van der Waals surface area contributed by atoms with Crippen molar-refractivity contribution in [2.24, 2.45) is 0 Å². The number of likely N-dealkylation sites (N-methyl/N-ethyl adjacent to an activating group) is 1. The highest BCUT2D eigenvalue weighted by molar-refractivity contribution is 5.55. The number of aryl methyl sites for hydroxylation is 2. The molecule has 1 aromatic carbocycles. The molecule has 1 atom stereocenters. The monoisotopic (exact) mass is 262 g/mol. The fourth-order valence-electron chi connectivity index (χ4n) is 2.93. The van der Waals surface area contributed by atoms with Crippen LogP contribution < -0.4 is 4.90 Å². The summed E-state index contributed by atoms with van der Waals surface area (Å²) in [4.78, 5) is 4.79. The molecule has 1 unspecified atom stereocenters. The van der Waals surface area contributed by atoms with Gasteiger partial charge in [-0.05, 0) is 50.9 Å². The maximum atomic E-state index is 9.08. The highest BCUT2D eigenvalue weighted by atomic mass is 16.3. The van der Waals surface area contributed by atoms with Crippen LogP contribution in [0.1, 0.15) is 24.0 Å². The van der Waals surface area contributed by atoms with Crippen molar-refractivity contribution in [3.63, 3.8) is 0 Å². The first kappa shape index (κ1) is 14.4. The van der Waals surface area contributed by atoms with Crippen LogP contribution in [-0.2, 0) is 0 Å². The number of hydrogen-bond acceptors (Lipinski definition) is 3. The lowest BCUT2D eigenvalue weighted by Crippen LogP contribution is -2.47. The van der Waals surface area contributed by atoms with Crippen LogP contribution in [-0.4, -0.2) is 49.3 Å². The van der Waals surface area contributed by atoms with Crippen LogP contribution in [0.15, 0.2) is 18.2 Å². The third kappa shape index (κ3) is 3.48. The van der Waals surface area contributed by atoms with Gasteiger partial charge in [0.1, 0.15) is 0 Å². The predicted octanol–water partition coefficient (Wildman–Crippen LogP) is 2.20. The SMILES string of the molecule is Cc1ccc(C)c(N2CCCC(N(C)CCO)C2)c1. The van der Waals surface area contributed by atoms with Gasteiger partial charge in [-0.3, -0.25) is 4.90 Å². The first-order valence-corrected chi connectivity index (χ1v) is 7.25. The second kappa shape index (κ2) is 6.40. The molecule has 106 valence electrons. The van der Waals surface area contributed by atoms with E-state index in [0.29, 0.717) is 6.04 Å². The number of aliphatic hydroxyl groups excluding tert-OH is 1. The van der Waals surface area contributed by atoms with Gasteiger partial charge in [-0.2, -0.15) is 0 Å². The molecule has 1 aromatic rings. The molecule has 1 aliphatic rings. The highest BCUT2D eigenvalue weighted by Crippen LogP contribution is 2.26. The second-order valence-corrected chi connectivity index (χ2v) is 5.74. The van der Waals surface area contributed by atoms with Crippen molar-refractivity contribution in [3.05, 3.63) is 29.3 Å². The van der Waals surface area contributed by atoms with E-state index in [4.69, 9.17) is 5.11 Å². The molecule has 1 aliphatic heterocycles. The Balaban J connectivity index is 2.10. The molecule has 3 nitrogen and oxygen atoms in total. The summed E-state index contributed by atoms with van der Waals surface area (Å²) in [6.07, 6.45) is 2.46. The zero-order valence-electron chi connectivity index (χ0n) is 12.4. The van der Waals surface area contributed by atoms with Crippen molar-refractivity contribution in [3.8, 4) is 0 Å². The van der Waals surface area contributed by atoms with Gasteiger partial charge in [0, 0.05) is 31.4 Å². The van der Waals surface area contributed by atoms with Gasteiger partial charge < -0.3 is 10.0 Å². The van der Waals surface area contributed by atoms with Crippen molar-refractivity contribution < 1.29 is 5.11 Å². The van der Waals surface area contributed by atoms with E-state index < -0.39 is 0 Å². The topological polar surface area (TPSA) is 26.7 Å². The molecule has 1 N–H and O–H groups in total. The van der Waals surface area contributed by atoms with E-state index in [9.17, 15) is 0 Å². The van der Waals surface area contributed by atoms with Gasteiger partial charge in [0.2, 0.25) is 0 Å². The van der Waals surface area contributed by atoms with Crippen molar-refractivity contribution >= 4 is 5.69 Å². The highest BCUT2D eigenvalue weighted by Gasteiger charge is 2.23. The molecule has 0 aliphatic carbocycles. The van der Waals surface area contributed by atoms with E-state index >= 15 is 0 Å². The van der Waals surface area contributed by atoms with E-state index in [1.165, 1.54) is 29.7 Å². The molecule has 1 saturated heterocycles. The number of benzene rings is 1. The standard InChI is InChI=1S/C16H26N2O/c1-13-6-7-14(2)16(11-13)18-8-4-5-15(12-18)17(3)9-10-19/h6-7,11,15,19H,4-5,8-10,12H2,1-3H3. The Hall–Kier alpha value is -1.06. The van der Waals surface area contributed by atoms with Crippen molar-refractivity contribution in [1.82, 2.24) is 4.90 Å². The number of piperidine rings is 1. The smallest absolute Gasteiger partial charge is 0.0558 e. The maximum Gasteiger partial charge on any atom is 0.0558 e. The van der Waals surface area contributed by atoms with Gasteiger partial charge >= 0.3 is 0 Å². The molecule has 3 heteroatoms. The fraction of sp³-hybridized carbons (Fsp3) is 0.625. The number of aliphatic hydroxyl groups is 1.